The number of hydrogen-bond donors (Lipinski definition) is 1. The van der Waals surface area contributed by atoms with Crippen LogP contribution in [0.25, 0.3) is 16.8 Å². The van der Waals surface area contributed by atoms with Crippen LogP contribution in [0.5, 0.6) is 0 Å². The minimum Gasteiger partial charge on any atom is -0.324 e. The summed E-state index contributed by atoms with van der Waals surface area (Å²) < 4.78 is 0.382. The average Bonchev–Trinajstić information content (AvgIpc) is 3.02. The average molecular weight is 431 g/mol. The van der Waals surface area contributed by atoms with Crippen LogP contribution in [0.1, 0.15) is 5.56 Å². The van der Waals surface area contributed by atoms with Crippen LogP contribution in [0, 0.1) is 0 Å². The predicted octanol–water partition coefficient (Wildman–Crippen LogP) is 5.24. The van der Waals surface area contributed by atoms with Crippen molar-refractivity contribution >= 4 is 62.7 Å². The Morgan fingerprint density at radius 2 is 1.73 bits per heavy atom. The maximum absolute atomic E-state index is 12.7. The molecule has 6 heteroatoms. The zero-order valence-electron chi connectivity index (χ0n) is 15.9. The van der Waals surface area contributed by atoms with Crippen LogP contribution >= 0.6 is 24.0 Å². The van der Waals surface area contributed by atoms with Gasteiger partial charge >= 0.3 is 0 Å². The number of anilines is 1. The Morgan fingerprint density at radius 3 is 2.57 bits per heavy atom. The fourth-order valence-corrected chi connectivity index (χ4v) is 4.34. The summed E-state index contributed by atoms with van der Waals surface area (Å²) in [4.78, 5) is 27.1. The molecule has 0 saturated carbocycles. The molecular formula is C24H18N2O2S2. The standard InChI is InChI=1S/C24H18N2O2S2/c27-22(25-20-14-7-12-18-11-4-5-13-19(18)20)16-26-23(28)21(30-24(26)29)15-6-10-17-8-2-1-3-9-17/h1-15H,16H2,(H,25,27)/b10-6+,21-15-. The zero-order valence-corrected chi connectivity index (χ0v) is 17.6. The van der Waals surface area contributed by atoms with E-state index in [9.17, 15) is 9.59 Å². The smallest absolute Gasteiger partial charge is 0.266 e. The number of allylic oxidation sites excluding steroid dienone is 2. The van der Waals surface area contributed by atoms with Crippen LogP contribution in [0.15, 0.2) is 89.9 Å². The van der Waals surface area contributed by atoms with Crippen molar-refractivity contribution in [1.82, 2.24) is 4.90 Å². The summed E-state index contributed by atoms with van der Waals surface area (Å²) in [6, 6.07) is 23.3. The summed E-state index contributed by atoms with van der Waals surface area (Å²) in [6.07, 6.45) is 5.46. The van der Waals surface area contributed by atoms with E-state index in [1.165, 1.54) is 16.7 Å². The number of thiocarbonyl (C=S) groups is 1. The highest BCUT2D eigenvalue weighted by Gasteiger charge is 2.33. The molecule has 3 aromatic carbocycles. The first-order valence-corrected chi connectivity index (χ1v) is 10.6. The van der Waals surface area contributed by atoms with Gasteiger partial charge in [-0.2, -0.15) is 0 Å². The number of hydrogen-bond acceptors (Lipinski definition) is 4. The van der Waals surface area contributed by atoms with Gasteiger partial charge in [0.25, 0.3) is 5.91 Å². The number of benzene rings is 3. The summed E-state index contributed by atoms with van der Waals surface area (Å²) in [5.74, 6) is -0.542. The molecule has 4 nitrogen and oxygen atoms in total. The topological polar surface area (TPSA) is 49.4 Å². The number of amides is 2. The lowest BCUT2D eigenvalue weighted by atomic mass is 10.1. The highest BCUT2D eigenvalue weighted by Crippen LogP contribution is 2.31. The van der Waals surface area contributed by atoms with Gasteiger partial charge in [-0.1, -0.05) is 103 Å². The summed E-state index contributed by atoms with van der Waals surface area (Å²) in [7, 11) is 0. The Morgan fingerprint density at radius 1 is 1.00 bits per heavy atom. The van der Waals surface area contributed by atoms with Gasteiger partial charge in [-0.15, -0.1) is 0 Å². The lowest BCUT2D eigenvalue weighted by molar-refractivity contribution is -0.126. The number of carbonyl (C=O) groups is 2. The van der Waals surface area contributed by atoms with E-state index in [1.807, 2.05) is 84.9 Å². The number of rotatable bonds is 5. The van der Waals surface area contributed by atoms with Gasteiger partial charge in [0.2, 0.25) is 5.91 Å². The van der Waals surface area contributed by atoms with E-state index in [0.717, 1.165) is 16.3 Å². The maximum atomic E-state index is 12.7. The normalized spacial score (nSPS) is 15.5. The van der Waals surface area contributed by atoms with Crippen molar-refractivity contribution in [2.45, 2.75) is 0 Å². The molecule has 2 amide bonds. The summed E-state index contributed by atoms with van der Waals surface area (Å²) in [6.45, 7) is -0.117. The molecule has 0 bridgehead atoms. The highest BCUT2D eigenvalue weighted by molar-refractivity contribution is 8.26. The van der Waals surface area contributed by atoms with Crippen molar-refractivity contribution in [3.63, 3.8) is 0 Å². The molecule has 1 aliphatic heterocycles. The van der Waals surface area contributed by atoms with E-state index in [-0.39, 0.29) is 18.4 Å². The molecule has 4 rings (SSSR count). The molecule has 1 aliphatic rings. The van der Waals surface area contributed by atoms with Crippen LogP contribution in [0.4, 0.5) is 5.69 Å². The molecule has 1 fully saturated rings. The van der Waals surface area contributed by atoms with Crippen LogP contribution in [0.2, 0.25) is 0 Å². The fraction of sp³-hybridized carbons (Fsp3) is 0.0417. The van der Waals surface area contributed by atoms with Gasteiger partial charge < -0.3 is 5.32 Å². The van der Waals surface area contributed by atoms with Crippen LogP contribution < -0.4 is 5.32 Å². The van der Waals surface area contributed by atoms with E-state index in [2.05, 4.69) is 5.32 Å². The Labute approximate surface area is 184 Å². The van der Waals surface area contributed by atoms with Crippen molar-refractivity contribution < 1.29 is 9.59 Å². The number of nitrogens with zero attached hydrogens (tertiary/aromatic N) is 1. The number of fused-ring (bicyclic) bond motifs is 1. The van der Waals surface area contributed by atoms with E-state index in [1.54, 1.807) is 6.08 Å². The molecule has 148 valence electrons. The van der Waals surface area contributed by atoms with Crippen LogP contribution in [0.3, 0.4) is 0 Å². The van der Waals surface area contributed by atoms with Crippen molar-refractivity contribution in [2.24, 2.45) is 0 Å². The third-order valence-electron chi connectivity index (χ3n) is 4.57. The van der Waals surface area contributed by atoms with E-state index < -0.39 is 0 Å². The molecule has 1 saturated heterocycles. The van der Waals surface area contributed by atoms with Crippen LogP contribution in [-0.4, -0.2) is 27.6 Å². The second kappa shape index (κ2) is 9.07. The predicted molar refractivity (Wildman–Crippen MR) is 128 cm³/mol. The first kappa shape index (κ1) is 20.1. The van der Waals surface area contributed by atoms with E-state index in [4.69, 9.17) is 12.2 Å². The minimum absolute atomic E-state index is 0.117. The molecule has 0 aromatic heterocycles. The highest BCUT2D eigenvalue weighted by atomic mass is 32.2. The largest absolute Gasteiger partial charge is 0.324 e. The second-order valence-corrected chi connectivity index (χ2v) is 8.31. The Hall–Kier alpha value is -3.22. The van der Waals surface area contributed by atoms with Gasteiger partial charge in [-0.05, 0) is 23.1 Å². The minimum atomic E-state index is -0.288. The van der Waals surface area contributed by atoms with Crippen molar-refractivity contribution in [3.8, 4) is 0 Å². The van der Waals surface area contributed by atoms with Crippen molar-refractivity contribution in [3.05, 3.63) is 95.4 Å². The molecule has 0 radical (unpaired) electrons. The quantitative estimate of drug-likeness (QED) is 0.444. The summed E-state index contributed by atoms with van der Waals surface area (Å²) in [5.41, 5.74) is 1.75. The Kier molecular flexibility index (Phi) is 6.07. The SMILES string of the molecule is O=C(CN1C(=O)/C(=C/C=C/c2ccccc2)SC1=S)Nc1cccc2ccccc12. The zero-order chi connectivity index (χ0) is 20.9. The monoisotopic (exact) mass is 430 g/mol. The lowest BCUT2D eigenvalue weighted by Gasteiger charge is -2.15. The molecule has 1 heterocycles. The van der Waals surface area contributed by atoms with Crippen molar-refractivity contribution in [1.29, 1.82) is 0 Å². The van der Waals surface area contributed by atoms with Gasteiger partial charge in [-0.3, -0.25) is 14.5 Å². The molecule has 0 atom stereocenters. The van der Waals surface area contributed by atoms with Gasteiger partial charge in [-0.25, -0.2) is 0 Å². The van der Waals surface area contributed by atoms with E-state index >= 15 is 0 Å². The molecular weight excluding hydrogens is 412 g/mol. The molecule has 30 heavy (non-hydrogen) atoms. The first-order chi connectivity index (χ1) is 14.6. The van der Waals surface area contributed by atoms with Gasteiger partial charge in [0.15, 0.2) is 0 Å². The van der Waals surface area contributed by atoms with E-state index in [0.29, 0.717) is 14.9 Å². The number of carbonyl (C=O) groups excluding carboxylic acids is 2. The number of nitrogens with one attached hydrogen (secondary N) is 1. The molecule has 0 aliphatic carbocycles. The second-order valence-electron chi connectivity index (χ2n) is 6.63. The summed E-state index contributed by atoms with van der Waals surface area (Å²) in [5, 5.41) is 4.88. The molecule has 1 N–H and O–H groups in total. The van der Waals surface area contributed by atoms with Gasteiger partial charge in [0.05, 0.1) is 4.91 Å². The Bertz CT molecular complexity index is 1180. The Balaban J connectivity index is 1.43. The fourth-order valence-electron chi connectivity index (χ4n) is 3.13. The first-order valence-electron chi connectivity index (χ1n) is 9.36. The lowest BCUT2D eigenvalue weighted by Crippen LogP contribution is -2.36. The molecule has 3 aromatic rings. The third-order valence-corrected chi connectivity index (χ3v) is 5.97. The van der Waals surface area contributed by atoms with Crippen LogP contribution in [-0.2, 0) is 9.59 Å². The van der Waals surface area contributed by atoms with Gasteiger partial charge in [0.1, 0.15) is 10.9 Å². The van der Waals surface area contributed by atoms with Gasteiger partial charge in [0, 0.05) is 11.1 Å². The molecule has 0 unspecified atom stereocenters. The number of thioether (sulfide) groups is 1. The summed E-state index contributed by atoms with van der Waals surface area (Å²) >= 11 is 6.53. The molecule has 0 spiro atoms. The third kappa shape index (κ3) is 4.50. The maximum Gasteiger partial charge on any atom is 0.266 e. The van der Waals surface area contributed by atoms with Crippen molar-refractivity contribution in [2.75, 3.05) is 11.9 Å².